The monoisotopic (exact) mass is 289 g/mol. The number of thiazole rings is 1. The minimum absolute atomic E-state index is 0.112. The fourth-order valence-corrected chi connectivity index (χ4v) is 2.45. The number of nitrogens with one attached hydrogen (secondary N) is 1. The molecule has 1 aromatic carbocycles. The van der Waals surface area contributed by atoms with E-state index in [1.807, 2.05) is 6.92 Å². The van der Waals surface area contributed by atoms with Gasteiger partial charge in [0.2, 0.25) is 5.91 Å². The standard InChI is InChI=1S/C15H19N3OS/c1-10(16)15(19)17-8-7-12-3-5-13(6-4-12)14-9-20-11(2)18-14/h3-6,9-10H,7-8,16H2,1-2H3,(H,17,19). The Hall–Kier alpha value is -1.72. The third-order valence-electron chi connectivity index (χ3n) is 3.00. The summed E-state index contributed by atoms with van der Waals surface area (Å²) in [5.41, 5.74) is 8.81. The van der Waals surface area contributed by atoms with Crippen LogP contribution in [0.25, 0.3) is 11.3 Å². The van der Waals surface area contributed by atoms with E-state index in [-0.39, 0.29) is 5.91 Å². The molecule has 0 spiro atoms. The summed E-state index contributed by atoms with van der Waals surface area (Å²) < 4.78 is 0. The van der Waals surface area contributed by atoms with E-state index in [9.17, 15) is 4.79 Å². The molecule has 0 aliphatic rings. The molecule has 1 amide bonds. The molecule has 0 saturated heterocycles. The van der Waals surface area contributed by atoms with Crippen LogP contribution in [0.2, 0.25) is 0 Å². The molecule has 2 aromatic rings. The second kappa shape index (κ2) is 6.63. The third-order valence-corrected chi connectivity index (χ3v) is 3.77. The molecule has 0 radical (unpaired) electrons. The number of carbonyl (C=O) groups is 1. The Labute approximate surface area is 123 Å². The molecule has 20 heavy (non-hydrogen) atoms. The van der Waals surface area contributed by atoms with Crippen LogP contribution in [0.4, 0.5) is 0 Å². The lowest BCUT2D eigenvalue weighted by atomic mass is 10.1. The molecule has 0 saturated carbocycles. The van der Waals surface area contributed by atoms with Gasteiger partial charge >= 0.3 is 0 Å². The normalized spacial score (nSPS) is 12.2. The van der Waals surface area contributed by atoms with E-state index in [0.29, 0.717) is 6.54 Å². The topological polar surface area (TPSA) is 68.0 Å². The van der Waals surface area contributed by atoms with Crippen molar-refractivity contribution in [3.8, 4) is 11.3 Å². The maximum absolute atomic E-state index is 11.3. The summed E-state index contributed by atoms with van der Waals surface area (Å²) >= 11 is 1.65. The van der Waals surface area contributed by atoms with Crippen molar-refractivity contribution < 1.29 is 4.79 Å². The largest absolute Gasteiger partial charge is 0.354 e. The Kier molecular flexibility index (Phi) is 4.87. The number of rotatable bonds is 5. The third kappa shape index (κ3) is 3.88. The number of hydrogen-bond acceptors (Lipinski definition) is 4. The first-order chi connectivity index (χ1) is 9.56. The molecule has 4 nitrogen and oxygen atoms in total. The summed E-state index contributed by atoms with van der Waals surface area (Å²) in [6, 6.07) is 7.82. The maximum atomic E-state index is 11.3. The summed E-state index contributed by atoms with van der Waals surface area (Å²) in [5.74, 6) is -0.112. The van der Waals surface area contributed by atoms with E-state index < -0.39 is 6.04 Å². The number of amides is 1. The van der Waals surface area contributed by atoms with Crippen molar-refractivity contribution in [1.82, 2.24) is 10.3 Å². The minimum Gasteiger partial charge on any atom is -0.354 e. The summed E-state index contributed by atoms with van der Waals surface area (Å²) in [7, 11) is 0. The molecule has 1 heterocycles. The first kappa shape index (κ1) is 14.7. The zero-order valence-electron chi connectivity index (χ0n) is 11.7. The maximum Gasteiger partial charge on any atom is 0.236 e. The van der Waals surface area contributed by atoms with Gasteiger partial charge in [-0.15, -0.1) is 11.3 Å². The highest BCUT2D eigenvalue weighted by Crippen LogP contribution is 2.21. The molecule has 106 valence electrons. The van der Waals surface area contributed by atoms with E-state index >= 15 is 0 Å². The van der Waals surface area contributed by atoms with Crippen LogP contribution in [0.5, 0.6) is 0 Å². The summed E-state index contributed by atoms with van der Waals surface area (Å²) in [6.07, 6.45) is 0.800. The van der Waals surface area contributed by atoms with Crippen molar-refractivity contribution in [2.24, 2.45) is 5.73 Å². The Morgan fingerprint density at radius 1 is 1.40 bits per heavy atom. The first-order valence-corrected chi connectivity index (χ1v) is 7.49. The van der Waals surface area contributed by atoms with Crippen LogP contribution in [0.1, 0.15) is 17.5 Å². The number of benzene rings is 1. The lowest BCUT2D eigenvalue weighted by Crippen LogP contribution is -2.39. The van der Waals surface area contributed by atoms with Crippen LogP contribution in [0, 0.1) is 6.92 Å². The fraction of sp³-hybridized carbons (Fsp3) is 0.333. The van der Waals surface area contributed by atoms with E-state index in [1.54, 1.807) is 18.3 Å². The van der Waals surface area contributed by atoms with E-state index in [4.69, 9.17) is 5.73 Å². The zero-order chi connectivity index (χ0) is 14.5. The van der Waals surface area contributed by atoms with Crippen LogP contribution >= 0.6 is 11.3 Å². The average Bonchev–Trinajstić information content (AvgIpc) is 2.86. The quantitative estimate of drug-likeness (QED) is 0.886. The van der Waals surface area contributed by atoms with Gasteiger partial charge in [0.1, 0.15) is 0 Å². The Morgan fingerprint density at radius 2 is 2.10 bits per heavy atom. The molecule has 0 aliphatic carbocycles. The van der Waals surface area contributed by atoms with Gasteiger partial charge in [-0.05, 0) is 25.8 Å². The number of hydrogen-bond donors (Lipinski definition) is 2. The van der Waals surface area contributed by atoms with Gasteiger partial charge in [-0.1, -0.05) is 24.3 Å². The van der Waals surface area contributed by atoms with Gasteiger partial charge in [-0.2, -0.15) is 0 Å². The van der Waals surface area contributed by atoms with Gasteiger partial charge in [-0.25, -0.2) is 4.98 Å². The van der Waals surface area contributed by atoms with Gasteiger partial charge in [0.15, 0.2) is 0 Å². The highest BCUT2D eigenvalue weighted by Gasteiger charge is 2.06. The highest BCUT2D eigenvalue weighted by atomic mass is 32.1. The van der Waals surface area contributed by atoms with Gasteiger partial charge in [0, 0.05) is 17.5 Å². The Bertz CT molecular complexity index is 575. The van der Waals surface area contributed by atoms with Crippen LogP contribution in [0.15, 0.2) is 29.6 Å². The second-order valence-electron chi connectivity index (χ2n) is 4.78. The molecule has 0 fully saturated rings. The minimum atomic E-state index is -0.453. The molecular weight excluding hydrogens is 270 g/mol. The molecule has 1 atom stereocenters. The van der Waals surface area contributed by atoms with Gasteiger partial charge < -0.3 is 11.1 Å². The van der Waals surface area contributed by atoms with Crippen molar-refractivity contribution in [3.05, 3.63) is 40.2 Å². The van der Waals surface area contributed by atoms with Crippen molar-refractivity contribution in [3.63, 3.8) is 0 Å². The van der Waals surface area contributed by atoms with Crippen LogP contribution in [-0.2, 0) is 11.2 Å². The molecule has 5 heteroatoms. The fourth-order valence-electron chi connectivity index (χ4n) is 1.83. The summed E-state index contributed by atoms with van der Waals surface area (Å²) in [5, 5.41) is 5.94. The molecule has 1 aromatic heterocycles. The van der Waals surface area contributed by atoms with E-state index in [0.717, 1.165) is 22.7 Å². The predicted molar refractivity (Wildman–Crippen MR) is 82.7 cm³/mol. The van der Waals surface area contributed by atoms with Crippen molar-refractivity contribution >= 4 is 17.2 Å². The second-order valence-corrected chi connectivity index (χ2v) is 5.84. The van der Waals surface area contributed by atoms with Crippen molar-refractivity contribution in [2.45, 2.75) is 26.3 Å². The number of nitrogens with zero attached hydrogens (tertiary/aromatic N) is 1. The molecular formula is C15H19N3OS. The van der Waals surface area contributed by atoms with Crippen LogP contribution in [0.3, 0.4) is 0 Å². The van der Waals surface area contributed by atoms with Crippen LogP contribution in [-0.4, -0.2) is 23.5 Å². The number of carbonyl (C=O) groups excluding carboxylic acids is 1. The number of nitrogens with two attached hydrogens (primary N) is 1. The summed E-state index contributed by atoms with van der Waals surface area (Å²) in [6.45, 7) is 4.29. The first-order valence-electron chi connectivity index (χ1n) is 6.61. The predicted octanol–water partition coefficient (Wildman–Crippen LogP) is 2.12. The number of aromatic nitrogens is 1. The van der Waals surface area contributed by atoms with Gasteiger partial charge in [-0.3, -0.25) is 4.79 Å². The zero-order valence-corrected chi connectivity index (χ0v) is 12.5. The van der Waals surface area contributed by atoms with E-state index in [2.05, 4.69) is 39.9 Å². The number of aryl methyl sites for hydroxylation is 1. The lowest BCUT2D eigenvalue weighted by Gasteiger charge is -2.07. The molecule has 1 unspecified atom stereocenters. The smallest absolute Gasteiger partial charge is 0.236 e. The molecule has 0 bridgehead atoms. The van der Waals surface area contributed by atoms with E-state index in [1.165, 1.54) is 5.56 Å². The molecule has 3 N–H and O–H groups in total. The van der Waals surface area contributed by atoms with Gasteiger partial charge in [0.25, 0.3) is 0 Å². The summed E-state index contributed by atoms with van der Waals surface area (Å²) in [4.78, 5) is 15.8. The van der Waals surface area contributed by atoms with Crippen molar-refractivity contribution in [1.29, 1.82) is 0 Å². The Morgan fingerprint density at radius 3 is 2.65 bits per heavy atom. The van der Waals surface area contributed by atoms with Crippen LogP contribution < -0.4 is 11.1 Å². The average molecular weight is 289 g/mol. The molecule has 2 rings (SSSR count). The molecule has 0 aliphatic heterocycles. The van der Waals surface area contributed by atoms with Crippen molar-refractivity contribution in [2.75, 3.05) is 6.54 Å². The Balaban J connectivity index is 1.90. The lowest BCUT2D eigenvalue weighted by molar-refractivity contribution is -0.121. The highest BCUT2D eigenvalue weighted by molar-refractivity contribution is 7.09. The SMILES string of the molecule is Cc1nc(-c2ccc(CCNC(=O)C(C)N)cc2)cs1. The van der Waals surface area contributed by atoms with Gasteiger partial charge in [0.05, 0.1) is 16.7 Å².